The average molecular weight is 441 g/mol. The molecule has 4 aromatic rings. The van der Waals surface area contributed by atoms with Gasteiger partial charge in [0.05, 0.1) is 24.4 Å². The van der Waals surface area contributed by atoms with Gasteiger partial charge in [0.15, 0.2) is 5.65 Å². The molecule has 33 heavy (non-hydrogen) atoms. The van der Waals surface area contributed by atoms with Crippen molar-refractivity contribution in [1.29, 1.82) is 5.26 Å². The number of aromatic nitrogens is 3. The van der Waals surface area contributed by atoms with Crippen LogP contribution in [0.25, 0.3) is 16.8 Å². The van der Waals surface area contributed by atoms with Gasteiger partial charge in [0.2, 0.25) is 0 Å². The van der Waals surface area contributed by atoms with Crippen molar-refractivity contribution < 1.29 is 9.53 Å². The minimum absolute atomic E-state index is 0.220. The summed E-state index contributed by atoms with van der Waals surface area (Å²) in [4.78, 5) is 25.4. The molecule has 0 N–H and O–H groups in total. The van der Waals surface area contributed by atoms with E-state index in [0.717, 1.165) is 23.1 Å². The molecule has 0 amide bonds. The maximum atomic E-state index is 12.9. The number of aryl methyl sites for hydroxylation is 1. The third-order valence-electron chi connectivity index (χ3n) is 5.47. The zero-order chi connectivity index (χ0) is 23.4. The molecule has 0 saturated heterocycles. The molecule has 0 fully saturated rings. The summed E-state index contributed by atoms with van der Waals surface area (Å²) in [7, 11) is 0. The number of hydrogen-bond donors (Lipinski definition) is 0. The normalized spacial score (nSPS) is 10.8. The minimum atomic E-state index is -0.507. The molecular weight excluding hydrogens is 416 g/mol. The summed E-state index contributed by atoms with van der Waals surface area (Å²) < 4.78 is 8.34. The van der Waals surface area contributed by atoms with Crippen molar-refractivity contribution in [3.63, 3.8) is 0 Å². The maximum absolute atomic E-state index is 12.9. The monoisotopic (exact) mass is 440 g/mol. The first kappa shape index (κ1) is 22.0. The largest absolute Gasteiger partial charge is 0.462 e. The van der Waals surface area contributed by atoms with Gasteiger partial charge in [-0.25, -0.2) is 4.79 Å². The third kappa shape index (κ3) is 4.28. The molecule has 0 radical (unpaired) electrons. The van der Waals surface area contributed by atoms with Crippen LogP contribution in [0.3, 0.4) is 0 Å². The molecule has 7 nitrogen and oxygen atoms in total. The van der Waals surface area contributed by atoms with Gasteiger partial charge in [-0.3, -0.25) is 4.79 Å². The Labute approximate surface area is 191 Å². The molecule has 2 aromatic heterocycles. The van der Waals surface area contributed by atoms with Crippen LogP contribution in [-0.4, -0.2) is 26.8 Å². The SMILES string of the molecule is CCCc1cn(Cc2ccc(-c3ccccc3C#N)cc2)c2c(C(=O)OCC)cnn2c1=O. The lowest BCUT2D eigenvalue weighted by Crippen LogP contribution is -2.24. The molecule has 0 aliphatic heterocycles. The second kappa shape index (κ2) is 9.53. The van der Waals surface area contributed by atoms with Crippen LogP contribution < -0.4 is 5.56 Å². The van der Waals surface area contributed by atoms with Crippen molar-refractivity contribution in [2.75, 3.05) is 6.61 Å². The Morgan fingerprint density at radius 3 is 2.58 bits per heavy atom. The van der Waals surface area contributed by atoms with E-state index in [9.17, 15) is 14.9 Å². The number of carbonyl (C=O) groups is 1. The summed E-state index contributed by atoms with van der Waals surface area (Å²) in [6.45, 7) is 4.43. The van der Waals surface area contributed by atoms with Crippen molar-refractivity contribution in [2.24, 2.45) is 0 Å². The second-order valence-corrected chi connectivity index (χ2v) is 7.71. The number of fused-ring (bicyclic) bond motifs is 1. The summed E-state index contributed by atoms with van der Waals surface area (Å²) in [6, 6.07) is 17.6. The molecule has 0 spiro atoms. The number of rotatable bonds is 7. The Balaban J connectivity index is 1.77. The van der Waals surface area contributed by atoms with E-state index in [4.69, 9.17) is 4.74 Å². The van der Waals surface area contributed by atoms with Crippen LogP contribution >= 0.6 is 0 Å². The van der Waals surface area contributed by atoms with Crippen LogP contribution in [0.4, 0.5) is 0 Å². The molecule has 2 aromatic carbocycles. The number of hydrogen-bond acceptors (Lipinski definition) is 5. The molecule has 0 saturated carbocycles. The van der Waals surface area contributed by atoms with E-state index in [1.54, 1.807) is 13.0 Å². The van der Waals surface area contributed by atoms with Crippen molar-refractivity contribution >= 4 is 11.6 Å². The van der Waals surface area contributed by atoms with Gasteiger partial charge >= 0.3 is 5.97 Å². The summed E-state index contributed by atoms with van der Waals surface area (Å²) >= 11 is 0. The van der Waals surface area contributed by atoms with E-state index in [-0.39, 0.29) is 17.7 Å². The van der Waals surface area contributed by atoms with Gasteiger partial charge in [0.1, 0.15) is 5.56 Å². The lowest BCUT2D eigenvalue weighted by Gasteiger charge is -2.13. The van der Waals surface area contributed by atoms with Crippen molar-refractivity contribution in [1.82, 2.24) is 14.2 Å². The van der Waals surface area contributed by atoms with Crippen molar-refractivity contribution in [3.8, 4) is 17.2 Å². The fourth-order valence-electron chi connectivity index (χ4n) is 3.94. The van der Waals surface area contributed by atoms with Crippen LogP contribution in [0.1, 0.15) is 47.3 Å². The van der Waals surface area contributed by atoms with Gasteiger partial charge in [0.25, 0.3) is 5.56 Å². The fraction of sp³-hybridized carbons (Fsp3) is 0.231. The Morgan fingerprint density at radius 2 is 1.88 bits per heavy atom. The average Bonchev–Trinajstić information content (AvgIpc) is 3.29. The molecule has 4 rings (SSSR count). The lowest BCUT2D eigenvalue weighted by molar-refractivity contribution is 0.0528. The zero-order valence-electron chi connectivity index (χ0n) is 18.6. The number of esters is 1. The van der Waals surface area contributed by atoms with E-state index < -0.39 is 5.97 Å². The molecule has 166 valence electrons. The highest BCUT2D eigenvalue weighted by Crippen LogP contribution is 2.24. The van der Waals surface area contributed by atoms with Crippen molar-refractivity contribution in [2.45, 2.75) is 33.2 Å². The van der Waals surface area contributed by atoms with Crippen LogP contribution in [0.2, 0.25) is 0 Å². The van der Waals surface area contributed by atoms with Gasteiger partial charge in [-0.15, -0.1) is 0 Å². The number of nitriles is 1. The zero-order valence-corrected chi connectivity index (χ0v) is 18.6. The highest BCUT2D eigenvalue weighted by molar-refractivity contribution is 5.95. The summed E-state index contributed by atoms with van der Waals surface area (Å²) in [5.41, 5.74) is 4.53. The highest BCUT2D eigenvalue weighted by Gasteiger charge is 2.20. The standard InChI is InChI=1S/C26H24N4O3/c1-3-7-21-17-29(24-23(26(32)33-4-2)15-28-30(24)25(21)31)16-18-10-12-19(13-11-18)22-9-6-5-8-20(22)14-27/h5-6,8-13,15,17H,3-4,7,16H2,1-2H3. The van der Waals surface area contributed by atoms with Gasteiger partial charge in [-0.1, -0.05) is 55.8 Å². The van der Waals surface area contributed by atoms with Gasteiger partial charge in [0, 0.05) is 18.3 Å². The number of nitrogens with zero attached hydrogens (tertiary/aromatic N) is 4. The van der Waals surface area contributed by atoms with E-state index in [1.165, 1.54) is 10.7 Å². The van der Waals surface area contributed by atoms with E-state index in [0.29, 0.717) is 29.7 Å². The smallest absolute Gasteiger partial charge is 0.343 e. The molecule has 0 aliphatic rings. The molecule has 7 heteroatoms. The highest BCUT2D eigenvalue weighted by atomic mass is 16.5. The van der Waals surface area contributed by atoms with E-state index in [2.05, 4.69) is 11.2 Å². The van der Waals surface area contributed by atoms with Crippen LogP contribution in [0, 0.1) is 11.3 Å². The van der Waals surface area contributed by atoms with Crippen LogP contribution in [0.5, 0.6) is 0 Å². The van der Waals surface area contributed by atoms with Gasteiger partial charge in [-0.05, 0) is 36.1 Å². The quantitative estimate of drug-likeness (QED) is 0.402. The first-order chi connectivity index (χ1) is 16.1. The number of carbonyl (C=O) groups excluding carboxylic acids is 1. The lowest BCUT2D eigenvalue weighted by atomic mass is 9.99. The molecule has 0 bridgehead atoms. The van der Waals surface area contributed by atoms with Crippen LogP contribution in [0.15, 0.2) is 65.7 Å². The molecule has 0 unspecified atom stereocenters. The third-order valence-corrected chi connectivity index (χ3v) is 5.47. The number of ether oxygens (including phenoxy) is 1. The Hall–Kier alpha value is -4.18. The van der Waals surface area contributed by atoms with Gasteiger partial charge < -0.3 is 9.30 Å². The van der Waals surface area contributed by atoms with Crippen molar-refractivity contribution in [3.05, 3.63) is 93.5 Å². The Bertz CT molecular complexity index is 1410. The first-order valence-corrected chi connectivity index (χ1v) is 10.9. The fourth-order valence-corrected chi connectivity index (χ4v) is 3.94. The summed E-state index contributed by atoms with van der Waals surface area (Å²) in [5.74, 6) is -0.507. The van der Waals surface area contributed by atoms with Crippen LogP contribution in [-0.2, 0) is 17.7 Å². The van der Waals surface area contributed by atoms with E-state index in [1.807, 2.05) is 60.2 Å². The molecular formula is C26H24N4O3. The predicted molar refractivity (Wildman–Crippen MR) is 125 cm³/mol. The Morgan fingerprint density at radius 1 is 1.12 bits per heavy atom. The molecule has 2 heterocycles. The second-order valence-electron chi connectivity index (χ2n) is 7.71. The molecule has 0 aliphatic carbocycles. The minimum Gasteiger partial charge on any atom is -0.462 e. The number of benzene rings is 2. The predicted octanol–water partition coefficient (Wildman–Crippen LogP) is 4.21. The first-order valence-electron chi connectivity index (χ1n) is 10.9. The van der Waals surface area contributed by atoms with Gasteiger partial charge in [-0.2, -0.15) is 14.9 Å². The topological polar surface area (TPSA) is 89.4 Å². The summed E-state index contributed by atoms with van der Waals surface area (Å²) in [5, 5.41) is 13.6. The molecule has 0 atom stereocenters. The van der Waals surface area contributed by atoms with E-state index >= 15 is 0 Å². The maximum Gasteiger partial charge on any atom is 0.343 e. The summed E-state index contributed by atoms with van der Waals surface area (Å²) in [6.07, 6.45) is 4.64. The Kier molecular flexibility index (Phi) is 6.36.